The maximum atomic E-state index is 12.2. The smallest absolute Gasteiger partial charge is 0.335 e. The molecule has 0 unspecified atom stereocenters. The Labute approximate surface area is 147 Å². The summed E-state index contributed by atoms with van der Waals surface area (Å²) >= 11 is 0. The maximum absolute atomic E-state index is 12.2. The summed E-state index contributed by atoms with van der Waals surface area (Å²) in [5.41, 5.74) is 2.47. The number of hydrogen-bond donors (Lipinski definition) is 2. The predicted octanol–water partition coefficient (Wildman–Crippen LogP) is 3.77. The van der Waals surface area contributed by atoms with Crippen LogP contribution < -0.4 is 5.32 Å². The molecule has 2 N–H and O–H groups in total. The first-order chi connectivity index (χ1) is 12.1. The van der Waals surface area contributed by atoms with Crippen LogP contribution in [0.1, 0.15) is 53.1 Å². The highest BCUT2D eigenvalue weighted by molar-refractivity contribution is 5.87. The molecule has 1 fully saturated rings. The molecule has 0 atom stereocenters. The van der Waals surface area contributed by atoms with E-state index in [2.05, 4.69) is 29.6 Å². The molecular formula is C21H23NO3. The van der Waals surface area contributed by atoms with Gasteiger partial charge in [0.1, 0.15) is 0 Å². The van der Waals surface area contributed by atoms with Gasteiger partial charge in [-0.05, 0) is 54.9 Å². The zero-order chi connectivity index (χ0) is 17.6. The molecule has 1 saturated carbocycles. The predicted molar refractivity (Wildman–Crippen MR) is 96.7 cm³/mol. The number of amides is 1. The van der Waals surface area contributed by atoms with Crippen LogP contribution in [0.15, 0.2) is 54.6 Å². The number of benzene rings is 2. The summed E-state index contributed by atoms with van der Waals surface area (Å²) in [6, 6.07) is 17.3. The third-order valence-corrected chi connectivity index (χ3v) is 4.93. The molecule has 4 nitrogen and oxygen atoms in total. The molecule has 0 spiro atoms. The third-order valence-electron chi connectivity index (χ3n) is 4.93. The minimum atomic E-state index is -0.953. The van der Waals surface area contributed by atoms with Crippen LogP contribution in [0.25, 0.3) is 0 Å². The van der Waals surface area contributed by atoms with Crippen LogP contribution in [0.5, 0.6) is 0 Å². The topological polar surface area (TPSA) is 66.4 Å². The average Bonchev–Trinajstić information content (AvgIpc) is 2.63. The van der Waals surface area contributed by atoms with Crippen LogP contribution in [-0.2, 0) is 11.2 Å². The van der Waals surface area contributed by atoms with Crippen molar-refractivity contribution in [1.82, 2.24) is 5.32 Å². The quantitative estimate of drug-likeness (QED) is 0.873. The van der Waals surface area contributed by atoms with E-state index >= 15 is 0 Å². The summed E-state index contributed by atoms with van der Waals surface area (Å²) in [4.78, 5) is 23.1. The van der Waals surface area contributed by atoms with Crippen LogP contribution in [0.2, 0.25) is 0 Å². The summed E-state index contributed by atoms with van der Waals surface area (Å²) in [6.45, 7) is 0. The summed E-state index contributed by atoms with van der Waals surface area (Å²) < 4.78 is 0. The van der Waals surface area contributed by atoms with Crippen LogP contribution in [0, 0.1) is 0 Å². The van der Waals surface area contributed by atoms with Crippen LogP contribution in [0.3, 0.4) is 0 Å². The van der Waals surface area contributed by atoms with Gasteiger partial charge in [-0.15, -0.1) is 0 Å². The van der Waals surface area contributed by atoms with E-state index in [1.54, 1.807) is 12.1 Å². The lowest BCUT2D eigenvalue weighted by molar-refractivity contribution is -0.121. The fourth-order valence-corrected chi connectivity index (χ4v) is 3.53. The molecule has 1 aliphatic rings. The Kier molecular flexibility index (Phi) is 5.49. The molecule has 25 heavy (non-hydrogen) atoms. The van der Waals surface area contributed by atoms with Gasteiger partial charge < -0.3 is 10.4 Å². The van der Waals surface area contributed by atoms with Gasteiger partial charge >= 0.3 is 5.97 Å². The highest BCUT2D eigenvalue weighted by Gasteiger charge is 2.23. The summed E-state index contributed by atoms with van der Waals surface area (Å²) in [6.07, 6.45) is 4.50. The number of hydrogen-bond acceptors (Lipinski definition) is 2. The van der Waals surface area contributed by atoms with Gasteiger partial charge in [0, 0.05) is 6.04 Å². The van der Waals surface area contributed by atoms with Gasteiger partial charge in [0.05, 0.1) is 12.0 Å². The van der Waals surface area contributed by atoms with Gasteiger partial charge in [-0.25, -0.2) is 4.79 Å². The number of carboxylic acids is 1. The number of rotatable bonds is 5. The van der Waals surface area contributed by atoms with E-state index in [0.29, 0.717) is 12.3 Å². The minimum Gasteiger partial charge on any atom is -0.478 e. The molecule has 4 heteroatoms. The van der Waals surface area contributed by atoms with Crippen molar-refractivity contribution >= 4 is 11.9 Å². The molecule has 2 aromatic carbocycles. The summed E-state index contributed by atoms with van der Waals surface area (Å²) in [5.74, 6) is -0.352. The molecule has 2 aromatic rings. The Morgan fingerprint density at radius 2 is 1.56 bits per heavy atom. The normalized spacial score (nSPS) is 20.0. The second-order valence-corrected chi connectivity index (χ2v) is 6.71. The third kappa shape index (κ3) is 4.69. The van der Waals surface area contributed by atoms with Crippen molar-refractivity contribution in [2.75, 3.05) is 0 Å². The van der Waals surface area contributed by atoms with E-state index in [4.69, 9.17) is 5.11 Å². The molecule has 0 saturated heterocycles. The van der Waals surface area contributed by atoms with Gasteiger partial charge in [-0.2, -0.15) is 0 Å². The Bertz CT molecular complexity index is 717. The SMILES string of the molecule is O=C(Cc1ccc(C(=O)O)cc1)NC1CCC(c2ccccc2)CC1. The molecule has 1 aliphatic carbocycles. The Balaban J connectivity index is 1.47. The molecule has 3 rings (SSSR count). The Morgan fingerprint density at radius 3 is 2.16 bits per heavy atom. The lowest BCUT2D eigenvalue weighted by atomic mass is 9.82. The van der Waals surface area contributed by atoms with Crippen molar-refractivity contribution in [3.63, 3.8) is 0 Å². The van der Waals surface area contributed by atoms with E-state index in [0.717, 1.165) is 31.2 Å². The van der Waals surface area contributed by atoms with Gasteiger partial charge in [0.25, 0.3) is 0 Å². The molecule has 0 aliphatic heterocycles. The van der Waals surface area contributed by atoms with E-state index in [1.807, 2.05) is 6.07 Å². The highest BCUT2D eigenvalue weighted by atomic mass is 16.4. The molecule has 0 heterocycles. The Morgan fingerprint density at radius 1 is 0.920 bits per heavy atom. The molecule has 0 aromatic heterocycles. The van der Waals surface area contributed by atoms with Crippen molar-refractivity contribution in [1.29, 1.82) is 0 Å². The fourth-order valence-electron chi connectivity index (χ4n) is 3.53. The first-order valence-corrected chi connectivity index (χ1v) is 8.78. The van der Waals surface area contributed by atoms with Gasteiger partial charge in [-0.3, -0.25) is 4.79 Å². The summed E-state index contributed by atoms with van der Waals surface area (Å²) in [7, 11) is 0. The van der Waals surface area contributed by atoms with Gasteiger partial charge in [0.2, 0.25) is 5.91 Å². The van der Waals surface area contributed by atoms with Crippen LogP contribution >= 0.6 is 0 Å². The Hall–Kier alpha value is -2.62. The van der Waals surface area contributed by atoms with E-state index in [1.165, 1.54) is 17.7 Å². The van der Waals surface area contributed by atoms with E-state index < -0.39 is 5.97 Å². The van der Waals surface area contributed by atoms with Crippen molar-refractivity contribution in [2.24, 2.45) is 0 Å². The lowest BCUT2D eigenvalue weighted by Crippen LogP contribution is -2.38. The van der Waals surface area contributed by atoms with Crippen molar-refractivity contribution in [3.05, 3.63) is 71.3 Å². The largest absolute Gasteiger partial charge is 0.478 e. The van der Waals surface area contributed by atoms with Crippen LogP contribution in [0.4, 0.5) is 0 Å². The monoisotopic (exact) mass is 337 g/mol. The maximum Gasteiger partial charge on any atom is 0.335 e. The average molecular weight is 337 g/mol. The van der Waals surface area contributed by atoms with E-state index in [-0.39, 0.29) is 17.5 Å². The van der Waals surface area contributed by atoms with Gasteiger partial charge in [0.15, 0.2) is 0 Å². The second kappa shape index (κ2) is 7.97. The first kappa shape index (κ1) is 17.2. The zero-order valence-electron chi connectivity index (χ0n) is 14.2. The second-order valence-electron chi connectivity index (χ2n) is 6.71. The summed E-state index contributed by atoms with van der Waals surface area (Å²) in [5, 5.41) is 12.0. The molecule has 0 bridgehead atoms. The number of carboxylic acid groups (broad SMARTS) is 1. The van der Waals surface area contributed by atoms with Crippen molar-refractivity contribution in [3.8, 4) is 0 Å². The molecule has 130 valence electrons. The molecule has 0 radical (unpaired) electrons. The number of carbonyl (C=O) groups is 2. The standard InChI is InChI=1S/C21H23NO3/c23-20(14-15-6-8-18(9-7-15)21(24)25)22-19-12-10-17(11-13-19)16-4-2-1-3-5-16/h1-9,17,19H,10-14H2,(H,22,23)(H,24,25). The number of aromatic carboxylic acids is 1. The zero-order valence-corrected chi connectivity index (χ0v) is 14.2. The number of nitrogens with one attached hydrogen (secondary N) is 1. The fraction of sp³-hybridized carbons (Fsp3) is 0.333. The molecule has 1 amide bonds. The molecular weight excluding hydrogens is 314 g/mol. The first-order valence-electron chi connectivity index (χ1n) is 8.78. The number of carbonyl (C=O) groups excluding carboxylic acids is 1. The van der Waals surface area contributed by atoms with Crippen LogP contribution in [-0.4, -0.2) is 23.0 Å². The highest BCUT2D eigenvalue weighted by Crippen LogP contribution is 2.32. The lowest BCUT2D eigenvalue weighted by Gasteiger charge is -2.29. The van der Waals surface area contributed by atoms with Crippen molar-refractivity contribution < 1.29 is 14.7 Å². The van der Waals surface area contributed by atoms with Gasteiger partial charge in [-0.1, -0.05) is 42.5 Å². The van der Waals surface area contributed by atoms with Crippen molar-refractivity contribution in [2.45, 2.75) is 44.1 Å². The minimum absolute atomic E-state index is 0.00577. The van der Waals surface area contributed by atoms with E-state index in [9.17, 15) is 9.59 Å².